The van der Waals surface area contributed by atoms with Crippen molar-refractivity contribution in [1.82, 2.24) is 0 Å². The van der Waals surface area contributed by atoms with Gasteiger partial charge in [0, 0.05) is 11.4 Å². The highest BCUT2D eigenvalue weighted by molar-refractivity contribution is 7.92. The van der Waals surface area contributed by atoms with Crippen LogP contribution in [-0.4, -0.2) is 20.4 Å². The number of benzene rings is 3. The molecule has 1 atom stereocenters. The Morgan fingerprint density at radius 3 is 2.19 bits per heavy atom. The minimum atomic E-state index is -3.74. The number of hydrogen-bond donors (Lipinski definition) is 2. The molecule has 3 aromatic carbocycles. The maximum Gasteiger partial charge on any atom is 0.265 e. The van der Waals surface area contributed by atoms with Crippen molar-refractivity contribution < 1.29 is 17.9 Å². The number of carbonyl (C=O) groups is 1. The largest absolute Gasteiger partial charge is 0.479 e. The van der Waals surface area contributed by atoms with Crippen molar-refractivity contribution in [3.8, 4) is 5.75 Å². The van der Waals surface area contributed by atoms with Gasteiger partial charge in [-0.2, -0.15) is 0 Å². The van der Waals surface area contributed by atoms with Crippen LogP contribution in [0.2, 0.25) is 5.02 Å². The fourth-order valence-electron chi connectivity index (χ4n) is 2.79. The van der Waals surface area contributed by atoms with Crippen molar-refractivity contribution in [2.75, 3.05) is 10.0 Å². The Morgan fingerprint density at radius 2 is 1.58 bits per heavy atom. The molecule has 0 aliphatic carbocycles. The maximum atomic E-state index is 12.6. The first-order valence-electron chi connectivity index (χ1n) is 9.70. The zero-order chi connectivity index (χ0) is 22.4. The van der Waals surface area contributed by atoms with Crippen LogP contribution < -0.4 is 14.8 Å². The normalized spacial score (nSPS) is 12.1. The van der Waals surface area contributed by atoms with Gasteiger partial charge < -0.3 is 10.1 Å². The molecule has 162 valence electrons. The molecular formula is C23H23ClN2O4S. The Bertz CT molecular complexity index is 1150. The van der Waals surface area contributed by atoms with E-state index in [-0.39, 0.29) is 10.8 Å². The standard InChI is InChI=1S/C23H23ClN2O4S/c1-3-21(30-22-7-5-4-6-20(22)24)23(27)25-17-12-14-19(15-13-17)31(28,29)26-18-10-8-16(2)9-11-18/h4-15,21,26H,3H2,1-2H3,(H,25,27)/t21-/m1/s1. The van der Waals surface area contributed by atoms with E-state index < -0.39 is 16.1 Å². The van der Waals surface area contributed by atoms with Crippen LogP contribution in [0, 0.1) is 6.92 Å². The van der Waals surface area contributed by atoms with Crippen molar-refractivity contribution in [2.45, 2.75) is 31.3 Å². The number of sulfonamides is 1. The second-order valence-electron chi connectivity index (χ2n) is 6.93. The Balaban J connectivity index is 1.67. The summed E-state index contributed by atoms with van der Waals surface area (Å²) in [7, 11) is -3.74. The number of nitrogens with one attached hydrogen (secondary N) is 2. The molecule has 0 heterocycles. The van der Waals surface area contributed by atoms with Crippen molar-refractivity contribution in [3.63, 3.8) is 0 Å². The maximum absolute atomic E-state index is 12.6. The number of ether oxygens (including phenoxy) is 1. The summed E-state index contributed by atoms with van der Waals surface area (Å²) in [4.78, 5) is 12.7. The van der Waals surface area contributed by atoms with Gasteiger partial charge in [0.2, 0.25) is 0 Å². The van der Waals surface area contributed by atoms with Crippen LogP contribution in [0.1, 0.15) is 18.9 Å². The third kappa shape index (κ3) is 5.99. The fraction of sp³-hybridized carbons (Fsp3) is 0.174. The smallest absolute Gasteiger partial charge is 0.265 e. The first kappa shape index (κ1) is 22.7. The van der Waals surface area contributed by atoms with Crippen molar-refractivity contribution in [2.24, 2.45) is 0 Å². The molecule has 0 aromatic heterocycles. The molecule has 3 aromatic rings. The average Bonchev–Trinajstić information content (AvgIpc) is 2.75. The molecule has 6 nitrogen and oxygen atoms in total. The predicted molar refractivity (Wildman–Crippen MR) is 123 cm³/mol. The van der Waals surface area contributed by atoms with Gasteiger partial charge in [0.05, 0.1) is 9.92 Å². The molecule has 0 saturated heterocycles. The highest BCUT2D eigenvalue weighted by Gasteiger charge is 2.20. The van der Waals surface area contributed by atoms with Crippen molar-refractivity contribution in [3.05, 3.63) is 83.4 Å². The van der Waals surface area contributed by atoms with E-state index in [1.807, 2.05) is 26.0 Å². The summed E-state index contributed by atoms with van der Waals surface area (Å²) in [5.74, 6) is 0.0746. The van der Waals surface area contributed by atoms with Crippen LogP contribution in [-0.2, 0) is 14.8 Å². The molecule has 3 rings (SSSR count). The molecule has 0 radical (unpaired) electrons. The van der Waals surface area contributed by atoms with E-state index in [0.29, 0.717) is 28.6 Å². The van der Waals surface area contributed by atoms with Gasteiger partial charge in [0.15, 0.2) is 6.10 Å². The van der Waals surface area contributed by atoms with E-state index >= 15 is 0 Å². The first-order chi connectivity index (χ1) is 14.8. The summed E-state index contributed by atoms with van der Waals surface area (Å²) >= 11 is 6.10. The molecule has 31 heavy (non-hydrogen) atoms. The molecule has 0 bridgehead atoms. The van der Waals surface area contributed by atoms with Crippen LogP contribution >= 0.6 is 11.6 Å². The number of para-hydroxylation sites is 1. The third-order valence-electron chi connectivity index (χ3n) is 4.51. The number of anilines is 2. The summed E-state index contributed by atoms with van der Waals surface area (Å²) < 4.78 is 33.4. The topological polar surface area (TPSA) is 84.5 Å². The Labute approximate surface area is 187 Å². The molecule has 0 fully saturated rings. The van der Waals surface area contributed by atoms with Crippen molar-refractivity contribution >= 4 is 38.9 Å². The molecule has 0 aliphatic heterocycles. The van der Waals surface area contributed by atoms with E-state index in [0.717, 1.165) is 5.56 Å². The molecule has 0 aliphatic rings. The zero-order valence-electron chi connectivity index (χ0n) is 17.1. The van der Waals surface area contributed by atoms with Gasteiger partial charge in [-0.05, 0) is 61.9 Å². The van der Waals surface area contributed by atoms with Crippen molar-refractivity contribution in [1.29, 1.82) is 0 Å². The lowest BCUT2D eigenvalue weighted by atomic mass is 10.2. The quantitative estimate of drug-likeness (QED) is 0.483. The minimum Gasteiger partial charge on any atom is -0.479 e. The summed E-state index contributed by atoms with van der Waals surface area (Å²) in [6.07, 6.45) is -0.309. The van der Waals surface area contributed by atoms with E-state index in [4.69, 9.17) is 16.3 Å². The zero-order valence-corrected chi connectivity index (χ0v) is 18.7. The second-order valence-corrected chi connectivity index (χ2v) is 9.02. The van der Waals surface area contributed by atoms with Gasteiger partial charge in [0.25, 0.3) is 15.9 Å². The van der Waals surface area contributed by atoms with Crippen LogP contribution in [0.15, 0.2) is 77.7 Å². The lowest BCUT2D eigenvalue weighted by molar-refractivity contribution is -0.122. The summed E-state index contributed by atoms with van der Waals surface area (Å²) in [6, 6.07) is 19.9. The number of rotatable bonds is 8. The molecular weight excluding hydrogens is 436 g/mol. The SMILES string of the molecule is CC[C@@H](Oc1ccccc1Cl)C(=O)Nc1ccc(S(=O)(=O)Nc2ccc(C)cc2)cc1. The molecule has 0 unspecified atom stereocenters. The molecule has 0 spiro atoms. The number of halogens is 1. The lowest BCUT2D eigenvalue weighted by Gasteiger charge is -2.18. The van der Waals surface area contributed by atoms with E-state index in [1.165, 1.54) is 24.3 Å². The van der Waals surface area contributed by atoms with E-state index in [9.17, 15) is 13.2 Å². The highest BCUT2D eigenvalue weighted by Crippen LogP contribution is 2.25. The van der Waals surface area contributed by atoms with Gasteiger partial charge in [-0.1, -0.05) is 48.4 Å². The van der Waals surface area contributed by atoms with Gasteiger partial charge in [-0.15, -0.1) is 0 Å². The molecule has 2 N–H and O–H groups in total. The summed E-state index contributed by atoms with van der Waals surface area (Å²) in [5.41, 5.74) is 1.97. The highest BCUT2D eigenvalue weighted by atomic mass is 35.5. The number of amides is 1. The van der Waals surface area contributed by atoms with Crippen LogP contribution in [0.5, 0.6) is 5.75 Å². The Morgan fingerprint density at radius 1 is 0.968 bits per heavy atom. The average molecular weight is 459 g/mol. The van der Waals surface area contributed by atoms with Gasteiger partial charge in [-0.3, -0.25) is 9.52 Å². The van der Waals surface area contributed by atoms with E-state index in [1.54, 1.807) is 36.4 Å². The van der Waals surface area contributed by atoms with Crippen LogP contribution in [0.3, 0.4) is 0 Å². The molecule has 8 heteroatoms. The van der Waals surface area contributed by atoms with Gasteiger partial charge in [-0.25, -0.2) is 8.42 Å². The molecule has 1 amide bonds. The molecule has 0 saturated carbocycles. The Hall–Kier alpha value is -3.03. The monoisotopic (exact) mass is 458 g/mol. The predicted octanol–water partition coefficient (Wildman–Crippen LogP) is 5.25. The van der Waals surface area contributed by atoms with Crippen LogP contribution in [0.4, 0.5) is 11.4 Å². The number of aryl methyl sites for hydroxylation is 1. The fourth-order valence-corrected chi connectivity index (χ4v) is 4.03. The van der Waals surface area contributed by atoms with Gasteiger partial charge >= 0.3 is 0 Å². The number of carbonyl (C=O) groups excluding carboxylic acids is 1. The second kappa shape index (κ2) is 9.85. The van der Waals surface area contributed by atoms with E-state index in [2.05, 4.69) is 10.0 Å². The first-order valence-corrected chi connectivity index (χ1v) is 11.6. The lowest BCUT2D eigenvalue weighted by Crippen LogP contribution is -2.32. The third-order valence-corrected chi connectivity index (χ3v) is 6.21. The summed E-state index contributed by atoms with van der Waals surface area (Å²) in [5, 5.41) is 3.17. The number of hydrogen-bond acceptors (Lipinski definition) is 4. The van der Waals surface area contributed by atoms with Crippen LogP contribution in [0.25, 0.3) is 0 Å². The minimum absolute atomic E-state index is 0.0884. The summed E-state index contributed by atoms with van der Waals surface area (Å²) in [6.45, 7) is 3.75. The Kier molecular flexibility index (Phi) is 7.20. The van der Waals surface area contributed by atoms with Gasteiger partial charge in [0.1, 0.15) is 5.75 Å².